The van der Waals surface area contributed by atoms with Gasteiger partial charge in [-0.1, -0.05) is 18.2 Å². The van der Waals surface area contributed by atoms with Gasteiger partial charge in [0, 0.05) is 23.9 Å². The normalized spacial score (nSPS) is 12.2. The van der Waals surface area contributed by atoms with Gasteiger partial charge in [0.1, 0.15) is 6.04 Å². The summed E-state index contributed by atoms with van der Waals surface area (Å²) in [6.45, 7) is 4.31. The van der Waals surface area contributed by atoms with Crippen LogP contribution >= 0.6 is 0 Å². The SMILES string of the molecule is CC(=O)Nc1ccc(C(=O)[C@@H](C)OC(=O)[C@H](C)NC(=O)Nc2ccccc2)cc1. The second-order valence-corrected chi connectivity index (χ2v) is 6.39. The molecule has 0 bridgehead atoms. The average Bonchev–Trinajstić information content (AvgIpc) is 2.68. The first-order chi connectivity index (χ1) is 13.8. The van der Waals surface area contributed by atoms with Crippen LogP contribution < -0.4 is 16.0 Å². The van der Waals surface area contributed by atoms with Crippen LogP contribution in [0.15, 0.2) is 54.6 Å². The number of anilines is 2. The highest BCUT2D eigenvalue weighted by Crippen LogP contribution is 2.13. The number of nitrogens with one attached hydrogen (secondary N) is 3. The molecule has 2 aromatic rings. The van der Waals surface area contributed by atoms with Crippen LogP contribution in [0, 0.1) is 0 Å². The van der Waals surface area contributed by atoms with Crippen molar-refractivity contribution in [3.63, 3.8) is 0 Å². The Morgan fingerprint density at radius 2 is 1.41 bits per heavy atom. The topological polar surface area (TPSA) is 114 Å². The third kappa shape index (κ3) is 6.76. The van der Waals surface area contributed by atoms with Crippen LogP contribution in [-0.2, 0) is 14.3 Å². The van der Waals surface area contributed by atoms with E-state index in [4.69, 9.17) is 4.74 Å². The maximum absolute atomic E-state index is 12.4. The van der Waals surface area contributed by atoms with Gasteiger partial charge in [-0.2, -0.15) is 0 Å². The van der Waals surface area contributed by atoms with E-state index in [9.17, 15) is 19.2 Å². The average molecular weight is 397 g/mol. The van der Waals surface area contributed by atoms with Gasteiger partial charge < -0.3 is 20.7 Å². The lowest BCUT2D eigenvalue weighted by molar-refractivity contribution is -0.148. The fourth-order valence-corrected chi connectivity index (χ4v) is 2.43. The number of benzene rings is 2. The highest BCUT2D eigenvalue weighted by atomic mass is 16.5. The van der Waals surface area contributed by atoms with E-state index in [-0.39, 0.29) is 5.91 Å². The molecular formula is C21H23N3O5. The van der Waals surface area contributed by atoms with Crippen molar-refractivity contribution in [1.82, 2.24) is 5.32 Å². The summed E-state index contributed by atoms with van der Waals surface area (Å²) in [5.41, 5.74) is 1.47. The zero-order valence-electron chi connectivity index (χ0n) is 16.4. The molecule has 8 nitrogen and oxygen atoms in total. The number of esters is 1. The molecule has 0 radical (unpaired) electrons. The summed E-state index contributed by atoms with van der Waals surface area (Å²) in [6, 6.07) is 13.5. The number of carbonyl (C=O) groups is 4. The first-order valence-corrected chi connectivity index (χ1v) is 9.01. The summed E-state index contributed by atoms with van der Waals surface area (Å²) in [5, 5.41) is 7.66. The number of urea groups is 1. The van der Waals surface area contributed by atoms with Gasteiger partial charge in [-0.15, -0.1) is 0 Å². The van der Waals surface area contributed by atoms with Gasteiger partial charge in [0.05, 0.1) is 0 Å². The number of amides is 3. The van der Waals surface area contributed by atoms with Crippen LogP contribution in [0.1, 0.15) is 31.1 Å². The maximum atomic E-state index is 12.4. The molecule has 8 heteroatoms. The predicted molar refractivity (Wildman–Crippen MR) is 109 cm³/mol. The highest BCUT2D eigenvalue weighted by Gasteiger charge is 2.24. The quantitative estimate of drug-likeness (QED) is 0.491. The molecule has 0 aliphatic rings. The van der Waals surface area contributed by atoms with Crippen molar-refractivity contribution in [2.24, 2.45) is 0 Å². The summed E-state index contributed by atoms with van der Waals surface area (Å²) in [6.07, 6.45) is -1.03. The Kier molecular flexibility index (Phi) is 7.47. The number of para-hydroxylation sites is 1. The van der Waals surface area contributed by atoms with Gasteiger partial charge in [-0.25, -0.2) is 9.59 Å². The van der Waals surface area contributed by atoms with Crippen molar-refractivity contribution in [3.8, 4) is 0 Å². The van der Waals surface area contributed by atoms with Crippen LogP contribution in [-0.4, -0.2) is 35.8 Å². The van der Waals surface area contributed by atoms with E-state index < -0.39 is 29.9 Å². The zero-order valence-corrected chi connectivity index (χ0v) is 16.4. The highest BCUT2D eigenvalue weighted by molar-refractivity contribution is 6.01. The minimum absolute atomic E-state index is 0.218. The van der Waals surface area contributed by atoms with Gasteiger partial charge in [-0.3, -0.25) is 9.59 Å². The Hall–Kier alpha value is -3.68. The largest absolute Gasteiger partial charge is 0.453 e. The summed E-state index contributed by atoms with van der Waals surface area (Å²) in [4.78, 5) is 47.6. The summed E-state index contributed by atoms with van der Waals surface area (Å²) in [5.74, 6) is -1.35. The molecule has 29 heavy (non-hydrogen) atoms. The van der Waals surface area contributed by atoms with E-state index in [1.165, 1.54) is 32.9 Å². The zero-order chi connectivity index (χ0) is 21.4. The lowest BCUT2D eigenvalue weighted by Gasteiger charge is -2.17. The second-order valence-electron chi connectivity index (χ2n) is 6.39. The Bertz CT molecular complexity index is 881. The fourth-order valence-electron chi connectivity index (χ4n) is 2.43. The minimum Gasteiger partial charge on any atom is -0.453 e. The number of ether oxygens (including phenoxy) is 1. The number of rotatable bonds is 7. The van der Waals surface area contributed by atoms with Gasteiger partial charge in [0.25, 0.3) is 0 Å². The first kappa shape index (κ1) is 21.6. The molecule has 0 aliphatic carbocycles. The van der Waals surface area contributed by atoms with E-state index >= 15 is 0 Å². The van der Waals surface area contributed by atoms with Crippen molar-refractivity contribution in [2.45, 2.75) is 32.9 Å². The second kappa shape index (κ2) is 10.0. The van der Waals surface area contributed by atoms with Gasteiger partial charge in [0.2, 0.25) is 11.7 Å². The molecule has 0 spiro atoms. The minimum atomic E-state index is -1.03. The van der Waals surface area contributed by atoms with E-state index in [0.717, 1.165) is 0 Å². The Morgan fingerprint density at radius 1 is 0.828 bits per heavy atom. The molecule has 152 valence electrons. The van der Waals surface area contributed by atoms with Crippen molar-refractivity contribution >= 4 is 35.1 Å². The molecule has 0 heterocycles. The van der Waals surface area contributed by atoms with E-state index in [1.54, 1.807) is 36.4 Å². The molecule has 2 rings (SSSR count). The fraction of sp³-hybridized carbons (Fsp3) is 0.238. The first-order valence-electron chi connectivity index (χ1n) is 9.01. The predicted octanol–water partition coefficient (Wildman–Crippen LogP) is 2.97. The third-order valence-electron chi connectivity index (χ3n) is 3.88. The Morgan fingerprint density at radius 3 is 2.00 bits per heavy atom. The molecule has 3 N–H and O–H groups in total. The van der Waals surface area contributed by atoms with E-state index in [2.05, 4.69) is 16.0 Å². The Balaban J connectivity index is 1.87. The number of carbonyl (C=O) groups excluding carboxylic acids is 4. The van der Waals surface area contributed by atoms with Crippen molar-refractivity contribution in [3.05, 3.63) is 60.2 Å². The number of hydrogen-bond acceptors (Lipinski definition) is 5. The molecule has 2 atom stereocenters. The number of Topliss-reactive ketones (excluding diaryl/α,β-unsaturated/α-hetero) is 1. The number of hydrogen-bond donors (Lipinski definition) is 3. The summed E-state index contributed by atoms with van der Waals surface area (Å²) < 4.78 is 5.17. The maximum Gasteiger partial charge on any atom is 0.329 e. The molecule has 0 unspecified atom stereocenters. The molecule has 2 aromatic carbocycles. The van der Waals surface area contributed by atoms with E-state index in [0.29, 0.717) is 16.9 Å². The molecule has 0 aliphatic heterocycles. The standard InChI is InChI=1S/C21H23N3O5/c1-13(22-21(28)24-17-7-5-4-6-8-17)20(27)29-14(2)19(26)16-9-11-18(12-10-16)23-15(3)25/h4-14H,1-3H3,(H,23,25)(H2,22,24,28)/t13-,14+/m0/s1. The summed E-state index contributed by atoms with van der Waals surface area (Å²) in [7, 11) is 0. The Labute approximate surface area is 168 Å². The molecule has 3 amide bonds. The molecule has 0 fully saturated rings. The molecular weight excluding hydrogens is 374 g/mol. The van der Waals surface area contributed by atoms with Crippen molar-refractivity contribution in [2.75, 3.05) is 10.6 Å². The molecule has 0 aromatic heterocycles. The van der Waals surface area contributed by atoms with Gasteiger partial charge >= 0.3 is 12.0 Å². The van der Waals surface area contributed by atoms with Crippen molar-refractivity contribution < 1.29 is 23.9 Å². The van der Waals surface area contributed by atoms with Crippen LogP contribution in [0.4, 0.5) is 16.2 Å². The van der Waals surface area contributed by atoms with Crippen LogP contribution in [0.2, 0.25) is 0 Å². The monoisotopic (exact) mass is 397 g/mol. The van der Waals surface area contributed by atoms with Crippen LogP contribution in [0.3, 0.4) is 0 Å². The van der Waals surface area contributed by atoms with E-state index in [1.807, 2.05) is 6.07 Å². The number of ketones is 1. The van der Waals surface area contributed by atoms with Crippen LogP contribution in [0.5, 0.6) is 0 Å². The molecule has 0 saturated heterocycles. The lowest BCUT2D eigenvalue weighted by atomic mass is 10.1. The smallest absolute Gasteiger partial charge is 0.329 e. The van der Waals surface area contributed by atoms with Gasteiger partial charge in [-0.05, 0) is 50.2 Å². The van der Waals surface area contributed by atoms with Gasteiger partial charge in [0.15, 0.2) is 6.10 Å². The lowest BCUT2D eigenvalue weighted by Crippen LogP contribution is -2.43. The third-order valence-corrected chi connectivity index (χ3v) is 3.88. The van der Waals surface area contributed by atoms with Crippen molar-refractivity contribution in [1.29, 1.82) is 0 Å². The summed E-state index contributed by atoms with van der Waals surface area (Å²) >= 11 is 0. The molecule has 0 saturated carbocycles. The van der Waals surface area contributed by atoms with Crippen LogP contribution in [0.25, 0.3) is 0 Å².